The average molecular weight is 346 g/mol. The first kappa shape index (κ1) is 14.1. The predicted octanol–water partition coefficient (Wildman–Crippen LogP) is 3.77. The number of carbonyl (C=O) groups is 1. The van der Waals surface area contributed by atoms with Gasteiger partial charge in [0, 0.05) is 10.5 Å². The molecule has 0 aliphatic heterocycles. The Hall–Kier alpha value is -1.81. The molecule has 0 spiro atoms. The lowest BCUT2D eigenvalue weighted by atomic mass is 10.1. The van der Waals surface area contributed by atoms with Gasteiger partial charge in [0.2, 0.25) is 0 Å². The van der Waals surface area contributed by atoms with Gasteiger partial charge in [0.05, 0.1) is 0 Å². The molecule has 1 N–H and O–H groups in total. The summed E-state index contributed by atoms with van der Waals surface area (Å²) in [6, 6.07) is 16.3. The molecule has 3 rings (SSSR count). The van der Waals surface area contributed by atoms with Crippen LogP contribution in [0.5, 0.6) is 5.75 Å². The topological polar surface area (TPSA) is 38.3 Å². The summed E-state index contributed by atoms with van der Waals surface area (Å²) >= 11 is 3.43. The molecule has 0 atom stereocenters. The number of hydrogen-bond acceptors (Lipinski definition) is 2. The van der Waals surface area contributed by atoms with E-state index in [1.807, 2.05) is 36.4 Å². The SMILES string of the molecule is O=C(COc1ccc(-c2ccc(Br)cc2)cc1)NC1CC1. The molecule has 4 heteroatoms. The molecule has 2 aromatic rings. The van der Waals surface area contributed by atoms with Crippen LogP contribution in [0.3, 0.4) is 0 Å². The summed E-state index contributed by atoms with van der Waals surface area (Å²) in [7, 11) is 0. The molecule has 3 nitrogen and oxygen atoms in total. The number of rotatable bonds is 5. The van der Waals surface area contributed by atoms with Gasteiger partial charge in [-0.3, -0.25) is 4.79 Å². The molecule has 21 heavy (non-hydrogen) atoms. The molecule has 1 aliphatic carbocycles. The highest BCUT2D eigenvalue weighted by molar-refractivity contribution is 9.10. The normalized spacial score (nSPS) is 13.8. The zero-order valence-electron chi connectivity index (χ0n) is 11.5. The molecule has 1 fully saturated rings. The summed E-state index contributed by atoms with van der Waals surface area (Å²) in [5.41, 5.74) is 2.27. The molecule has 0 heterocycles. The van der Waals surface area contributed by atoms with E-state index in [2.05, 4.69) is 33.4 Å². The van der Waals surface area contributed by atoms with E-state index in [-0.39, 0.29) is 12.5 Å². The van der Waals surface area contributed by atoms with E-state index < -0.39 is 0 Å². The van der Waals surface area contributed by atoms with Gasteiger partial charge >= 0.3 is 0 Å². The first-order chi connectivity index (χ1) is 10.2. The van der Waals surface area contributed by atoms with Gasteiger partial charge in [-0.1, -0.05) is 40.2 Å². The quantitative estimate of drug-likeness (QED) is 0.895. The Labute approximate surface area is 132 Å². The number of halogens is 1. The van der Waals surface area contributed by atoms with Crippen LogP contribution in [-0.2, 0) is 4.79 Å². The number of carbonyl (C=O) groups excluding carboxylic acids is 1. The van der Waals surface area contributed by atoms with Crippen molar-refractivity contribution < 1.29 is 9.53 Å². The first-order valence-electron chi connectivity index (χ1n) is 6.99. The number of benzene rings is 2. The van der Waals surface area contributed by atoms with Crippen molar-refractivity contribution >= 4 is 21.8 Å². The summed E-state index contributed by atoms with van der Waals surface area (Å²) in [4.78, 5) is 11.5. The van der Waals surface area contributed by atoms with Crippen molar-refractivity contribution in [2.24, 2.45) is 0 Å². The van der Waals surface area contributed by atoms with Gasteiger partial charge in [-0.15, -0.1) is 0 Å². The van der Waals surface area contributed by atoms with Crippen LogP contribution in [0.25, 0.3) is 11.1 Å². The van der Waals surface area contributed by atoms with Gasteiger partial charge < -0.3 is 10.1 Å². The Morgan fingerprint density at radius 3 is 2.19 bits per heavy atom. The molecule has 0 saturated heterocycles. The highest BCUT2D eigenvalue weighted by Gasteiger charge is 2.23. The van der Waals surface area contributed by atoms with Crippen molar-refractivity contribution in [3.63, 3.8) is 0 Å². The van der Waals surface area contributed by atoms with Gasteiger partial charge in [-0.05, 0) is 48.2 Å². The fourth-order valence-corrected chi connectivity index (χ4v) is 2.30. The molecular weight excluding hydrogens is 330 g/mol. The van der Waals surface area contributed by atoms with Gasteiger partial charge in [-0.25, -0.2) is 0 Å². The third-order valence-electron chi connectivity index (χ3n) is 3.34. The van der Waals surface area contributed by atoms with Crippen LogP contribution in [0.15, 0.2) is 53.0 Å². The van der Waals surface area contributed by atoms with Crippen molar-refractivity contribution in [3.05, 3.63) is 53.0 Å². The van der Waals surface area contributed by atoms with Crippen molar-refractivity contribution in [2.45, 2.75) is 18.9 Å². The summed E-state index contributed by atoms with van der Waals surface area (Å²) in [6.07, 6.45) is 2.18. The summed E-state index contributed by atoms with van der Waals surface area (Å²) in [5, 5.41) is 2.90. The minimum atomic E-state index is -0.0468. The smallest absolute Gasteiger partial charge is 0.258 e. The van der Waals surface area contributed by atoms with E-state index in [4.69, 9.17) is 4.74 Å². The minimum Gasteiger partial charge on any atom is -0.484 e. The fourth-order valence-electron chi connectivity index (χ4n) is 2.03. The molecule has 0 aromatic heterocycles. The van der Waals surface area contributed by atoms with E-state index in [1.165, 1.54) is 0 Å². The standard InChI is InChI=1S/C17H16BrNO2/c18-14-5-1-12(2-6-14)13-3-9-16(10-4-13)21-11-17(20)19-15-7-8-15/h1-6,9-10,15H,7-8,11H2,(H,19,20). The number of ether oxygens (including phenoxy) is 1. The molecule has 108 valence electrons. The largest absolute Gasteiger partial charge is 0.484 e. The minimum absolute atomic E-state index is 0.0468. The van der Waals surface area contributed by atoms with Crippen LogP contribution in [0.4, 0.5) is 0 Å². The zero-order chi connectivity index (χ0) is 14.7. The van der Waals surface area contributed by atoms with Crippen LogP contribution in [-0.4, -0.2) is 18.6 Å². The Balaban J connectivity index is 1.58. The van der Waals surface area contributed by atoms with Crippen LogP contribution in [0.1, 0.15) is 12.8 Å². The Kier molecular flexibility index (Phi) is 4.25. The van der Waals surface area contributed by atoms with Crippen LogP contribution < -0.4 is 10.1 Å². The fraction of sp³-hybridized carbons (Fsp3) is 0.235. The van der Waals surface area contributed by atoms with Gasteiger partial charge in [0.25, 0.3) is 5.91 Å². The van der Waals surface area contributed by atoms with Gasteiger partial charge in [0.1, 0.15) is 5.75 Å². The monoisotopic (exact) mass is 345 g/mol. The van der Waals surface area contributed by atoms with Crippen LogP contribution >= 0.6 is 15.9 Å². The van der Waals surface area contributed by atoms with Gasteiger partial charge in [-0.2, -0.15) is 0 Å². The van der Waals surface area contributed by atoms with Crippen LogP contribution in [0.2, 0.25) is 0 Å². The molecule has 0 radical (unpaired) electrons. The first-order valence-corrected chi connectivity index (χ1v) is 7.78. The maximum atomic E-state index is 11.5. The molecule has 1 aliphatic rings. The van der Waals surface area contributed by atoms with Gasteiger partial charge in [0.15, 0.2) is 6.61 Å². The number of nitrogens with one attached hydrogen (secondary N) is 1. The van der Waals surface area contributed by atoms with E-state index in [1.54, 1.807) is 0 Å². The van der Waals surface area contributed by atoms with E-state index >= 15 is 0 Å². The van der Waals surface area contributed by atoms with E-state index in [0.29, 0.717) is 11.8 Å². The van der Waals surface area contributed by atoms with Crippen molar-refractivity contribution in [1.82, 2.24) is 5.32 Å². The predicted molar refractivity (Wildman–Crippen MR) is 86.2 cm³/mol. The Morgan fingerprint density at radius 2 is 1.62 bits per heavy atom. The molecule has 1 amide bonds. The third kappa shape index (κ3) is 4.08. The highest BCUT2D eigenvalue weighted by Crippen LogP contribution is 2.24. The Bertz CT molecular complexity index is 618. The average Bonchev–Trinajstić information content (AvgIpc) is 3.30. The molecule has 1 saturated carbocycles. The van der Waals surface area contributed by atoms with Crippen molar-refractivity contribution in [1.29, 1.82) is 0 Å². The van der Waals surface area contributed by atoms with Crippen LogP contribution in [0, 0.1) is 0 Å². The maximum absolute atomic E-state index is 11.5. The molecule has 0 unspecified atom stereocenters. The molecule has 2 aromatic carbocycles. The lowest BCUT2D eigenvalue weighted by Gasteiger charge is -2.08. The number of amides is 1. The molecular formula is C17H16BrNO2. The lowest BCUT2D eigenvalue weighted by Crippen LogP contribution is -2.30. The third-order valence-corrected chi connectivity index (χ3v) is 3.87. The van der Waals surface area contributed by atoms with E-state index in [0.717, 1.165) is 28.4 Å². The summed E-state index contributed by atoms with van der Waals surface area (Å²) < 4.78 is 6.55. The second-order valence-electron chi connectivity index (χ2n) is 5.16. The maximum Gasteiger partial charge on any atom is 0.258 e. The lowest BCUT2D eigenvalue weighted by molar-refractivity contribution is -0.123. The second kappa shape index (κ2) is 6.31. The van der Waals surface area contributed by atoms with Crippen molar-refractivity contribution in [2.75, 3.05) is 6.61 Å². The second-order valence-corrected chi connectivity index (χ2v) is 6.08. The Morgan fingerprint density at radius 1 is 1.05 bits per heavy atom. The summed E-state index contributed by atoms with van der Waals surface area (Å²) in [5.74, 6) is 0.663. The van der Waals surface area contributed by atoms with E-state index in [9.17, 15) is 4.79 Å². The number of hydrogen-bond donors (Lipinski definition) is 1. The highest BCUT2D eigenvalue weighted by atomic mass is 79.9. The zero-order valence-corrected chi connectivity index (χ0v) is 13.1. The summed E-state index contributed by atoms with van der Waals surface area (Å²) in [6.45, 7) is 0.0775. The van der Waals surface area contributed by atoms with Crippen molar-refractivity contribution in [3.8, 4) is 16.9 Å². The molecule has 0 bridgehead atoms.